The number of hydrogen-bond donors (Lipinski definition) is 1. The predicted molar refractivity (Wildman–Crippen MR) is 74.1 cm³/mol. The zero-order chi connectivity index (χ0) is 13.3. The van der Waals surface area contributed by atoms with E-state index in [9.17, 15) is 0 Å². The topological polar surface area (TPSA) is 39.1 Å². The predicted octanol–water partition coefficient (Wildman–Crippen LogP) is 3.19. The van der Waals surface area contributed by atoms with Gasteiger partial charge >= 0.3 is 0 Å². The molecule has 0 saturated carbocycles. The highest BCUT2D eigenvalue weighted by molar-refractivity contribution is 6.31. The number of rotatable bonds is 3. The fraction of sp³-hybridized carbons (Fsp3) is 0.308. The minimum atomic E-state index is 0.693. The van der Waals surface area contributed by atoms with Gasteiger partial charge in [0.2, 0.25) is 5.95 Å². The third kappa shape index (κ3) is 2.16. The van der Waals surface area contributed by atoms with E-state index in [1.165, 1.54) is 0 Å². The smallest absolute Gasteiger partial charge is 0.207 e. The van der Waals surface area contributed by atoms with Crippen LogP contribution in [0, 0.1) is 13.8 Å². The molecule has 0 radical (unpaired) electrons. The van der Waals surface area contributed by atoms with E-state index in [-0.39, 0.29) is 0 Å². The average Bonchev–Trinajstić information content (AvgIpc) is 2.73. The highest BCUT2D eigenvalue weighted by Crippen LogP contribution is 2.31. The van der Waals surface area contributed by atoms with Crippen LogP contribution in [0.3, 0.4) is 0 Å². The molecule has 0 saturated heterocycles. The van der Waals surface area contributed by atoms with Crippen LogP contribution in [0.15, 0.2) is 18.3 Å². The SMILES string of the molecule is CNc1nc(C)cn1-c1cc(C)c(Cl)cc1OC. The summed E-state index contributed by atoms with van der Waals surface area (Å²) >= 11 is 6.11. The normalized spacial score (nSPS) is 10.5. The minimum absolute atomic E-state index is 0.693. The Morgan fingerprint density at radius 1 is 1.33 bits per heavy atom. The van der Waals surface area contributed by atoms with Crippen LogP contribution in [-0.2, 0) is 0 Å². The fourth-order valence-corrected chi connectivity index (χ4v) is 2.01. The summed E-state index contributed by atoms with van der Waals surface area (Å²) in [5, 5.41) is 3.76. The molecule has 96 valence electrons. The summed E-state index contributed by atoms with van der Waals surface area (Å²) in [6.07, 6.45) is 1.96. The lowest BCUT2D eigenvalue weighted by atomic mass is 10.2. The molecule has 5 heteroatoms. The minimum Gasteiger partial charge on any atom is -0.495 e. The van der Waals surface area contributed by atoms with Gasteiger partial charge in [0, 0.05) is 24.3 Å². The Kier molecular flexibility index (Phi) is 3.48. The molecule has 0 amide bonds. The Hall–Kier alpha value is -1.68. The van der Waals surface area contributed by atoms with Crippen LogP contribution < -0.4 is 10.1 Å². The van der Waals surface area contributed by atoms with Gasteiger partial charge in [0.15, 0.2) is 0 Å². The number of nitrogens with one attached hydrogen (secondary N) is 1. The van der Waals surface area contributed by atoms with E-state index in [1.807, 2.05) is 43.8 Å². The molecule has 0 bridgehead atoms. The summed E-state index contributed by atoms with van der Waals surface area (Å²) in [5.74, 6) is 1.49. The van der Waals surface area contributed by atoms with Gasteiger partial charge in [0.25, 0.3) is 0 Å². The lowest BCUT2D eigenvalue weighted by Crippen LogP contribution is -2.03. The Morgan fingerprint density at radius 2 is 2.06 bits per heavy atom. The summed E-state index contributed by atoms with van der Waals surface area (Å²) < 4.78 is 7.34. The van der Waals surface area contributed by atoms with Crippen molar-refractivity contribution in [2.45, 2.75) is 13.8 Å². The van der Waals surface area contributed by atoms with Crippen LogP contribution in [-0.4, -0.2) is 23.7 Å². The van der Waals surface area contributed by atoms with Crippen molar-refractivity contribution in [1.82, 2.24) is 9.55 Å². The van der Waals surface area contributed by atoms with E-state index in [1.54, 1.807) is 7.11 Å². The van der Waals surface area contributed by atoms with Gasteiger partial charge in [-0.2, -0.15) is 0 Å². The van der Waals surface area contributed by atoms with Crippen LogP contribution in [0.5, 0.6) is 5.75 Å². The largest absolute Gasteiger partial charge is 0.495 e. The zero-order valence-corrected chi connectivity index (χ0v) is 11.7. The Balaban J connectivity index is 2.65. The molecule has 0 aliphatic rings. The van der Waals surface area contributed by atoms with E-state index in [0.717, 1.165) is 28.6 Å². The van der Waals surface area contributed by atoms with Crippen LogP contribution >= 0.6 is 11.6 Å². The molecule has 18 heavy (non-hydrogen) atoms. The lowest BCUT2D eigenvalue weighted by molar-refractivity contribution is 0.413. The van der Waals surface area contributed by atoms with Gasteiger partial charge in [-0.05, 0) is 25.5 Å². The molecule has 1 aromatic carbocycles. The molecule has 0 unspecified atom stereocenters. The van der Waals surface area contributed by atoms with Crippen molar-refractivity contribution in [3.63, 3.8) is 0 Å². The molecule has 0 aliphatic carbocycles. The van der Waals surface area contributed by atoms with Gasteiger partial charge in [-0.25, -0.2) is 4.98 Å². The molecule has 2 aromatic rings. The zero-order valence-electron chi connectivity index (χ0n) is 10.9. The second kappa shape index (κ2) is 4.90. The molecule has 2 rings (SSSR count). The molecule has 0 spiro atoms. The molecule has 0 atom stereocenters. The Morgan fingerprint density at radius 3 is 2.67 bits per heavy atom. The second-order valence-electron chi connectivity index (χ2n) is 4.10. The molecule has 1 aromatic heterocycles. The van der Waals surface area contributed by atoms with E-state index >= 15 is 0 Å². The number of anilines is 1. The first-order valence-electron chi connectivity index (χ1n) is 5.65. The van der Waals surface area contributed by atoms with Gasteiger partial charge in [-0.15, -0.1) is 0 Å². The molecule has 1 N–H and O–H groups in total. The van der Waals surface area contributed by atoms with Gasteiger partial charge < -0.3 is 10.1 Å². The molecule has 0 aliphatic heterocycles. The first kappa shape index (κ1) is 12.8. The number of nitrogens with zero attached hydrogens (tertiary/aromatic N) is 2. The summed E-state index contributed by atoms with van der Waals surface area (Å²) in [5.41, 5.74) is 2.86. The summed E-state index contributed by atoms with van der Waals surface area (Å²) in [7, 11) is 3.47. The van der Waals surface area contributed by atoms with Crippen molar-refractivity contribution in [2.24, 2.45) is 0 Å². The molecule has 0 fully saturated rings. The highest BCUT2D eigenvalue weighted by Gasteiger charge is 2.13. The van der Waals surface area contributed by atoms with E-state index in [0.29, 0.717) is 5.02 Å². The molecule has 1 heterocycles. The second-order valence-corrected chi connectivity index (χ2v) is 4.51. The van der Waals surface area contributed by atoms with Crippen molar-refractivity contribution in [3.8, 4) is 11.4 Å². The standard InChI is InChI=1S/C13H16ClN3O/c1-8-5-11(12(18-4)6-10(8)14)17-7-9(2)16-13(17)15-3/h5-7H,1-4H3,(H,15,16). The van der Waals surface area contributed by atoms with Crippen molar-refractivity contribution in [2.75, 3.05) is 19.5 Å². The number of halogens is 1. The maximum absolute atomic E-state index is 6.11. The number of aryl methyl sites for hydroxylation is 2. The third-order valence-electron chi connectivity index (χ3n) is 2.77. The number of hydrogen-bond acceptors (Lipinski definition) is 3. The quantitative estimate of drug-likeness (QED) is 0.926. The Labute approximate surface area is 112 Å². The van der Waals surface area contributed by atoms with Gasteiger partial charge in [-0.1, -0.05) is 11.6 Å². The fourth-order valence-electron chi connectivity index (χ4n) is 1.86. The van der Waals surface area contributed by atoms with Gasteiger partial charge in [0.1, 0.15) is 5.75 Å². The lowest BCUT2D eigenvalue weighted by Gasteiger charge is -2.13. The van der Waals surface area contributed by atoms with Crippen molar-refractivity contribution < 1.29 is 4.74 Å². The summed E-state index contributed by atoms with van der Waals surface area (Å²) in [4.78, 5) is 4.40. The number of benzene rings is 1. The number of methoxy groups -OCH3 is 1. The first-order valence-corrected chi connectivity index (χ1v) is 6.03. The van der Waals surface area contributed by atoms with E-state index < -0.39 is 0 Å². The molecular weight excluding hydrogens is 250 g/mol. The van der Waals surface area contributed by atoms with Crippen molar-refractivity contribution >= 4 is 17.5 Å². The maximum atomic E-state index is 6.11. The van der Waals surface area contributed by atoms with Gasteiger partial charge in [-0.3, -0.25) is 4.57 Å². The highest BCUT2D eigenvalue weighted by atomic mass is 35.5. The third-order valence-corrected chi connectivity index (χ3v) is 3.18. The molecule has 4 nitrogen and oxygen atoms in total. The molecular formula is C13H16ClN3O. The van der Waals surface area contributed by atoms with Crippen LogP contribution in [0.2, 0.25) is 5.02 Å². The van der Waals surface area contributed by atoms with Crippen LogP contribution in [0.25, 0.3) is 5.69 Å². The van der Waals surface area contributed by atoms with E-state index in [2.05, 4.69) is 10.3 Å². The summed E-state index contributed by atoms with van der Waals surface area (Å²) in [6, 6.07) is 3.81. The van der Waals surface area contributed by atoms with Crippen LogP contribution in [0.1, 0.15) is 11.3 Å². The monoisotopic (exact) mass is 265 g/mol. The first-order chi connectivity index (χ1) is 8.56. The number of aromatic nitrogens is 2. The average molecular weight is 266 g/mol. The van der Waals surface area contributed by atoms with Gasteiger partial charge in [0.05, 0.1) is 18.5 Å². The number of imidazole rings is 1. The summed E-state index contributed by atoms with van der Waals surface area (Å²) in [6.45, 7) is 3.92. The van der Waals surface area contributed by atoms with E-state index in [4.69, 9.17) is 16.3 Å². The van der Waals surface area contributed by atoms with Crippen LogP contribution in [0.4, 0.5) is 5.95 Å². The maximum Gasteiger partial charge on any atom is 0.207 e. The Bertz CT molecular complexity index is 578. The van der Waals surface area contributed by atoms with Crippen molar-refractivity contribution in [1.29, 1.82) is 0 Å². The number of ether oxygens (including phenoxy) is 1. The van der Waals surface area contributed by atoms with Crippen molar-refractivity contribution in [3.05, 3.63) is 34.6 Å².